The largest absolute Gasteiger partial charge is 0.398 e. The molecule has 0 radical (unpaired) electrons. The number of rotatable bonds is 8. The topological polar surface area (TPSA) is 106 Å². The maximum Gasteiger partial charge on any atom is 0.246 e. The Morgan fingerprint density at radius 3 is 2.39 bits per heavy atom. The first-order chi connectivity index (χ1) is 18.2. The molecule has 8 heteroatoms. The zero-order chi connectivity index (χ0) is 26.9. The van der Waals surface area contributed by atoms with Crippen LogP contribution in [0.2, 0.25) is 0 Å². The summed E-state index contributed by atoms with van der Waals surface area (Å²) in [4.78, 5) is 17.8. The molecular weight excluding hydrogens is 494 g/mol. The van der Waals surface area contributed by atoms with E-state index in [0.29, 0.717) is 28.6 Å². The van der Waals surface area contributed by atoms with Crippen LogP contribution in [-0.4, -0.2) is 53.4 Å². The van der Waals surface area contributed by atoms with Crippen molar-refractivity contribution in [3.05, 3.63) is 76.0 Å². The molecule has 2 aliphatic rings. The molecule has 2 saturated heterocycles. The summed E-state index contributed by atoms with van der Waals surface area (Å²) in [5.74, 6) is 0.247. The van der Waals surface area contributed by atoms with E-state index in [1.54, 1.807) is 29.5 Å². The van der Waals surface area contributed by atoms with Gasteiger partial charge in [0, 0.05) is 54.4 Å². The molecule has 2 fully saturated rings. The second kappa shape index (κ2) is 10.9. The van der Waals surface area contributed by atoms with Crippen LogP contribution in [0.5, 0.6) is 0 Å². The fraction of sp³-hybridized carbons (Fsp3) is 0.400. The molecule has 1 aromatic heterocycles. The van der Waals surface area contributed by atoms with Gasteiger partial charge in [-0.05, 0) is 91.7 Å². The van der Waals surface area contributed by atoms with Crippen molar-refractivity contribution in [1.82, 2.24) is 4.90 Å². The number of nitrogens with two attached hydrogens (primary N) is 1. The molecule has 0 bridgehead atoms. The summed E-state index contributed by atoms with van der Waals surface area (Å²) in [6, 6.07) is 15.1. The number of nitrogens with zero attached hydrogens (tertiary/aromatic N) is 2. The predicted octanol–water partition coefficient (Wildman–Crippen LogP) is 5.12. The Balaban J connectivity index is 1.28. The molecule has 1 atom stereocenters. The third-order valence-electron chi connectivity index (χ3n) is 7.97. The molecule has 1 unspecified atom stereocenters. The molecule has 2 aliphatic heterocycles. The number of nitrogen functional groups attached to an aromatic ring is 1. The Morgan fingerprint density at radius 2 is 1.82 bits per heavy atom. The number of benzene rings is 2. The molecule has 200 valence electrons. The highest BCUT2D eigenvalue weighted by atomic mass is 32.1. The van der Waals surface area contributed by atoms with Crippen molar-refractivity contribution in [2.75, 3.05) is 42.1 Å². The number of anilines is 3. The number of aliphatic hydroxyl groups is 1. The third-order valence-corrected chi connectivity index (χ3v) is 8.67. The highest BCUT2D eigenvalue weighted by molar-refractivity contribution is 7.08. The van der Waals surface area contributed by atoms with Crippen LogP contribution in [0, 0.1) is 11.3 Å². The average molecular weight is 532 g/mol. The summed E-state index contributed by atoms with van der Waals surface area (Å²) in [6.45, 7) is 7.44. The highest BCUT2D eigenvalue weighted by Gasteiger charge is 2.32. The maximum absolute atomic E-state index is 13.3. The summed E-state index contributed by atoms with van der Waals surface area (Å²) in [5.41, 5.74) is 10.6. The normalized spacial score (nSPS) is 17.6. The molecule has 3 heterocycles. The molecule has 5 N–H and O–H groups in total. The summed E-state index contributed by atoms with van der Waals surface area (Å²) >= 11 is 1.60. The van der Waals surface area contributed by atoms with Crippen LogP contribution in [0.15, 0.2) is 59.3 Å². The maximum atomic E-state index is 13.3. The van der Waals surface area contributed by atoms with Crippen LogP contribution in [0.1, 0.15) is 55.8 Å². The first kappa shape index (κ1) is 26.4. The molecule has 2 aromatic carbocycles. The Kier molecular flexibility index (Phi) is 7.56. The van der Waals surface area contributed by atoms with Crippen molar-refractivity contribution in [3.8, 4) is 0 Å². The monoisotopic (exact) mass is 531 g/mol. The van der Waals surface area contributed by atoms with Crippen LogP contribution >= 0.6 is 11.3 Å². The Hall–Kier alpha value is -3.20. The Morgan fingerprint density at radius 1 is 1.11 bits per heavy atom. The minimum atomic E-state index is -0.640. The minimum Gasteiger partial charge on any atom is -0.398 e. The number of likely N-dealkylation sites (tertiary alicyclic amines) is 1. The molecule has 5 rings (SSSR count). The van der Waals surface area contributed by atoms with E-state index in [1.165, 1.54) is 0 Å². The number of carbonyl (C=O) groups excluding carboxylic acids is 1. The van der Waals surface area contributed by atoms with Gasteiger partial charge in [0.15, 0.2) is 0 Å². The quantitative estimate of drug-likeness (QED) is 0.239. The van der Waals surface area contributed by atoms with Crippen molar-refractivity contribution in [3.63, 3.8) is 0 Å². The molecule has 38 heavy (non-hydrogen) atoms. The summed E-state index contributed by atoms with van der Waals surface area (Å²) < 4.78 is 0. The molecule has 0 spiro atoms. The number of thiophene rings is 1. The minimum absolute atomic E-state index is 0.0666. The lowest BCUT2D eigenvalue weighted by atomic mass is 9.83. The van der Waals surface area contributed by atoms with Gasteiger partial charge in [0.1, 0.15) is 6.04 Å². The summed E-state index contributed by atoms with van der Waals surface area (Å²) in [6.07, 6.45) is 3.03. The second-order valence-corrected chi connectivity index (χ2v) is 11.8. The van der Waals surface area contributed by atoms with E-state index in [1.807, 2.05) is 42.8 Å². The van der Waals surface area contributed by atoms with Gasteiger partial charge < -0.3 is 21.1 Å². The average Bonchev–Trinajstić information content (AvgIpc) is 3.41. The fourth-order valence-electron chi connectivity index (χ4n) is 5.46. The lowest BCUT2D eigenvalue weighted by Crippen LogP contribution is -2.45. The van der Waals surface area contributed by atoms with Gasteiger partial charge in [-0.15, -0.1) is 0 Å². The van der Waals surface area contributed by atoms with Crippen molar-refractivity contribution in [2.45, 2.75) is 44.8 Å². The fourth-order valence-corrected chi connectivity index (χ4v) is 6.14. The van der Waals surface area contributed by atoms with Crippen molar-refractivity contribution in [1.29, 1.82) is 5.41 Å². The molecule has 7 nitrogen and oxygen atoms in total. The predicted molar refractivity (Wildman–Crippen MR) is 156 cm³/mol. The molecule has 1 amide bonds. The number of nitrogens with one attached hydrogen (secondary N) is 2. The zero-order valence-electron chi connectivity index (χ0n) is 22.1. The first-order valence-electron chi connectivity index (χ1n) is 13.3. The summed E-state index contributed by atoms with van der Waals surface area (Å²) in [7, 11) is 0. The van der Waals surface area contributed by atoms with Gasteiger partial charge in [-0.1, -0.05) is 12.1 Å². The molecule has 0 saturated carbocycles. The van der Waals surface area contributed by atoms with Crippen LogP contribution in [0.25, 0.3) is 0 Å². The van der Waals surface area contributed by atoms with Gasteiger partial charge in [0.05, 0.1) is 11.3 Å². The van der Waals surface area contributed by atoms with Crippen LogP contribution < -0.4 is 16.0 Å². The van der Waals surface area contributed by atoms with E-state index in [4.69, 9.17) is 11.1 Å². The van der Waals surface area contributed by atoms with Gasteiger partial charge in [0.25, 0.3) is 0 Å². The molecule has 3 aromatic rings. The lowest BCUT2D eigenvalue weighted by molar-refractivity contribution is -0.123. The Labute approximate surface area is 228 Å². The van der Waals surface area contributed by atoms with Gasteiger partial charge in [-0.25, -0.2) is 0 Å². The van der Waals surface area contributed by atoms with Gasteiger partial charge >= 0.3 is 0 Å². The third kappa shape index (κ3) is 5.62. The van der Waals surface area contributed by atoms with Crippen molar-refractivity contribution >= 4 is 40.0 Å². The molecule has 0 aliphatic carbocycles. The number of amides is 1. The van der Waals surface area contributed by atoms with Crippen molar-refractivity contribution in [2.24, 2.45) is 5.92 Å². The van der Waals surface area contributed by atoms with E-state index in [9.17, 15) is 9.90 Å². The number of hydrogen-bond donors (Lipinski definition) is 4. The van der Waals surface area contributed by atoms with Gasteiger partial charge in [0.2, 0.25) is 5.91 Å². The first-order valence-corrected chi connectivity index (χ1v) is 14.3. The van der Waals surface area contributed by atoms with Crippen molar-refractivity contribution < 1.29 is 9.90 Å². The smallest absolute Gasteiger partial charge is 0.246 e. The van der Waals surface area contributed by atoms with Crippen LogP contribution in [-0.2, 0) is 4.79 Å². The summed E-state index contributed by atoms with van der Waals surface area (Å²) in [5, 5.41) is 26.3. The van der Waals surface area contributed by atoms with Gasteiger partial charge in [-0.2, -0.15) is 11.3 Å². The SMILES string of the molecule is CC(C)(O)C1CCN(c2ccc(C(=N)c3cc(NC(=O)C(c4ccsc4)N4CCC4)ccc3N)cc2)CC1. The van der Waals surface area contributed by atoms with Gasteiger partial charge in [-0.3, -0.25) is 15.1 Å². The van der Waals surface area contributed by atoms with E-state index >= 15 is 0 Å². The Bertz CT molecular complexity index is 1270. The van der Waals surface area contributed by atoms with E-state index in [2.05, 4.69) is 27.2 Å². The number of hydrogen-bond acceptors (Lipinski definition) is 7. The van der Waals surface area contributed by atoms with E-state index in [0.717, 1.165) is 62.3 Å². The van der Waals surface area contributed by atoms with Crippen LogP contribution in [0.3, 0.4) is 0 Å². The van der Waals surface area contributed by atoms with E-state index < -0.39 is 5.60 Å². The zero-order valence-corrected chi connectivity index (χ0v) is 22.9. The number of piperidine rings is 1. The lowest BCUT2D eigenvalue weighted by Gasteiger charge is -2.38. The van der Waals surface area contributed by atoms with Crippen LogP contribution in [0.4, 0.5) is 17.1 Å². The number of carbonyl (C=O) groups is 1. The standard InChI is InChI=1S/C30H37N5O2S/c1-30(2,37)22-10-15-34(16-11-22)24-7-4-20(5-8-24)27(32)25-18-23(6-9-26(25)31)33-29(36)28(35-13-3-14-35)21-12-17-38-19-21/h4-9,12,17-19,22,28,32,37H,3,10-11,13-16,31H2,1-2H3,(H,33,36). The highest BCUT2D eigenvalue weighted by Crippen LogP contribution is 2.32. The second-order valence-electron chi connectivity index (χ2n) is 11.0. The van der Waals surface area contributed by atoms with E-state index in [-0.39, 0.29) is 11.9 Å². The molecular formula is C30H37N5O2S.